The van der Waals surface area contributed by atoms with Crippen molar-refractivity contribution in [3.05, 3.63) is 197 Å². The van der Waals surface area contributed by atoms with Crippen LogP contribution in [0.4, 0.5) is 26.1 Å². The molecule has 0 atom stereocenters. The summed E-state index contributed by atoms with van der Waals surface area (Å²) >= 11 is 9.20. The van der Waals surface area contributed by atoms with Gasteiger partial charge < -0.3 is 22.7 Å². The molecule has 6 aromatic heterocycles. The van der Waals surface area contributed by atoms with Gasteiger partial charge in [-0.1, -0.05) is 93.8 Å². The van der Waals surface area contributed by atoms with Gasteiger partial charge in [-0.3, -0.25) is 28.7 Å². The zero-order chi connectivity index (χ0) is 47.7. The minimum Gasteiger partial charge on any atom is -0.412 e. The Hall–Kier alpha value is -8.10. The summed E-state index contributed by atoms with van der Waals surface area (Å²) in [5, 5.41) is 3.46. The summed E-state index contributed by atoms with van der Waals surface area (Å²) in [5.74, 6) is 5.46. The maximum atomic E-state index is 12.6. The summed E-state index contributed by atoms with van der Waals surface area (Å²) in [4.78, 5) is 38.9. The second kappa shape index (κ2) is 23.3. The van der Waals surface area contributed by atoms with Crippen LogP contribution in [0.15, 0.2) is 163 Å². The van der Waals surface area contributed by atoms with Gasteiger partial charge >= 0.3 is 0 Å². The van der Waals surface area contributed by atoms with E-state index in [1.54, 1.807) is 36.9 Å². The van der Waals surface area contributed by atoms with Crippen LogP contribution in [0.5, 0.6) is 0 Å². The third-order valence-corrected chi connectivity index (χ3v) is 10.9. The number of nitrogens with two attached hydrogens (primary N) is 1. The van der Waals surface area contributed by atoms with E-state index in [1.165, 1.54) is 30.1 Å². The lowest BCUT2D eigenvalue weighted by Gasteiger charge is -2.10. The molecule has 0 unspecified atom stereocenters. The van der Waals surface area contributed by atoms with Gasteiger partial charge in [0.25, 0.3) is 6.43 Å². The monoisotopic (exact) mass is 1030 g/mol. The fourth-order valence-electron chi connectivity index (χ4n) is 7.14. The van der Waals surface area contributed by atoms with Crippen molar-refractivity contribution in [2.45, 2.75) is 34.1 Å². The molecule has 16 nitrogen and oxygen atoms in total. The van der Waals surface area contributed by atoms with Crippen molar-refractivity contribution in [3.8, 4) is 17.5 Å². The highest BCUT2D eigenvalue weighted by atomic mass is 79.9. The zero-order valence-electron chi connectivity index (χ0n) is 38.3. The highest BCUT2D eigenvalue weighted by Crippen LogP contribution is 2.25. The van der Waals surface area contributed by atoms with Crippen LogP contribution < -0.4 is 17.2 Å². The summed E-state index contributed by atoms with van der Waals surface area (Å²) in [6.45, 7) is 7.85. The topological polar surface area (TPSA) is 235 Å². The van der Waals surface area contributed by atoms with Gasteiger partial charge in [0, 0.05) is 15.7 Å². The van der Waals surface area contributed by atoms with E-state index >= 15 is 0 Å². The molecule has 0 saturated heterocycles. The first-order valence-electron chi connectivity index (χ1n) is 21.0. The molecule has 0 radical (unpaired) electrons. The van der Waals surface area contributed by atoms with Crippen molar-refractivity contribution in [2.24, 2.45) is 0 Å². The van der Waals surface area contributed by atoms with Crippen LogP contribution in [0.2, 0.25) is 5.15 Å². The van der Waals surface area contributed by atoms with Gasteiger partial charge in [0.15, 0.2) is 23.3 Å². The minimum atomic E-state index is -2.48. The number of halogens is 4. The number of fused-ring (bicyclic) bond motifs is 3. The van der Waals surface area contributed by atoms with Crippen molar-refractivity contribution < 1.29 is 14.3 Å². The number of nitrogen functional groups attached to an aromatic ring is 1. The van der Waals surface area contributed by atoms with Crippen molar-refractivity contribution in [2.75, 3.05) is 11.1 Å². The van der Waals surface area contributed by atoms with Crippen molar-refractivity contribution in [1.29, 1.82) is 0 Å². The first kappa shape index (κ1) is 51.3. The molecule has 20 heteroatoms. The number of anilines is 3. The highest BCUT2D eigenvalue weighted by molar-refractivity contribution is 9.10. The third kappa shape index (κ3) is 12.1. The lowest BCUT2D eigenvalue weighted by Crippen LogP contribution is -2.03. The Balaban J connectivity index is 0.000000161. The molecule has 0 aliphatic carbocycles. The van der Waals surface area contributed by atoms with Gasteiger partial charge in [-0.2, -0.15) is 0 Å². The van der Waals surface area contributed by atoms with E-state index in [4.69, 9.17) is 17.3 Å². The zero-order valence-corrected chi connectivity index (χ0v) is 40.6. The number of para-hydroxylation sites is 6. The van der Waals surface area contributed by atoms with Crippen LogP contribution in [0, 0.1) is 27.7 Å². The van der Waals surface area contributed by atoms with Gasteiger partial charge in [0.05, 0.1) is 70.3 Å². The van der Waals surface area contributed by atoms with Gasteiger partial charge in [0.2, 0.25) is 0 Å². The Kier molecular flexibility index (Phi) is 17.1. The third-order valence-electron chi connectivity index (χ3n) is 10.2. The Morgan fingerprint density at radius 1 is 0.529 bits per heavy atom. The smallest absolute Gasteiger partial charge is 0.263 e. The van der Waals surface area contributed by atoms with E-state index in [1.807, 2.05) is 119 Å². The Morgan fingerprint density at radius 3 is 1.40 bits per heavy atom. The van der Waals surface area contributed by atoms with E-state index in [2.05, 4.69) is 85.2 Å². The second-order valence-electron chi connectivity index (χ2n) is 15.1. The quantitative estimate of drug-likeness (QED) is 0.141. The molecule has 0 aliphatic heterocycles. The van der Waals surface area contributed by atoms with E-state index in [-0.39, 0.29) is 17.2 Å². The first-order chi connectivity index (χ1) is 32.9. The van der Waals surface area contributed by atoms with E-state index in [0.29, 0.717) is 39.9 Å². The Labute approximate surface area is 414 Å². The molecule has 8 N–H and O–H groups in total. The molecule has 11 aromatic rings. The molecule has 5 aromatic carbocycles. The number of aromatic nitrogens is 12. The van der Waals surface area contributed by atoms with Crippen LogP contribution in [0.1, 0.15) is 35.0 Å². The number of rotatable bonds is 6. The maximum Gasteiger partial charge on any atom is 0.263 e. The summed E-state index contributed by atoms with van der Waals surface area (Å²) in [7, 11) is 0. The van der Waals surface area contributed by atoms with E-state index in [9.17, 15) is 8.78 Å². The van der Waals surface area contributed by atoms with Crippen LogP contribution in [-0.4, -0.2) is 64.0 Å². The summed E-state index contributed by atoms with van der Waals surface area (Å²) < 4.78 is 32.2. The second-order valence-corrected chi connectivity index (χ2v) is 16.4. The number of nitrogens with zero attached hydrogens (tertiary/aromatic N) is 12. The number of nitrogens with one attached hydrogen (secondary N) is 1. The number of benzene rings is 5. The van der Waals surface area contributed by atoms with E-state index < -0.39 is 6.43 Å². The molecule has 11 rings (SSSR count). The van der Waals surface area contributed by atoms with Crippen LogP contribution in [-0.2, 0) is 0 Å². The summed E-state index contributed by atoms with van der Waals surface area (Å²) in [6, 6.07) is 37.8. The van der Waals surface area contributed by atoms with E-state index in [0.717, 1.165) is 55.0 Å². The van der Waals surface area contributed by atoms with Gasteiger partial charge in [-0.05, 0) is 88.4 Å². The molecule has 6 heterocycles. The fourth-order valence-corrected chi connectivity index (χ4v) is 7.55. The van der Waals surface area contributed by atoms with Crippen LogP contribution in [0.3, 0.4) is 0 Å². The van der Waals surface area contributed by atoms with Crippen molar-refractivity contribution in [3.63, 3.8) is 0 Å². The average molecular weight is 1030 g/mol. The Morgan fingerprint density at radius 2 is 0.957 bits per heavy atom. The molecule has 356 valence electrons. The largest absolute Gasteiger partial charge is 0.412 e. The molecular formula is C50H47BrClF2N15O. The number of imidazole rings is 3. The number of alkyl halides is 2. The van der Waals surface area contributed by atoms with Crippen LogP contribution in [0.25, 0.3) is 50.6 Å². The lowest BCUT2D eigenvalue weighted by molar-refractivity contribution is 0.151. The van der Waals surface area contributed by atoms with Gasteiger partial charge in [-0.15, -0.1) is 0 Å². The molecular weight excluding hydrogens is 980 g/mol. The summed E-state index contributed by atoms with van der Waals surface area (Å²) in [6.07, 6.45) is 7.15. The average Bonchev–Trinajstić information content (AvgIpc) is 3.99. The van der Waals surface area contributed by atoms with Crippen molar-refractivity contribution >= 4 is 78.0 Å². The molecule has 0 fully saturated rings. The molecule has 0 bridgehead atoms. The maximum absolute atomic E-state index is 12.6. The lowest BCUT2D eigenvalue weighted by atomic mass is 10.2. The van der Waals surface area contributed by atoms with Crippen molar-refractivity contribution in [1.82, 2.24) is 64.7 Å². The standard InChI is InChI=1S/C19H15F2N5.C12H9ClN4.C12H11N5.C7H7Br.H3N.H2O/c1-12-23-15-4-2-3-5-16(15)26(12)18-11-22-10-17(25-18)24-14-8-6-13(7-9-14)19(20)21;2*1-8-15-9-4-2-3-5-10(9)17(8)12-7-14-6-11(13)16-12;1-6-2-4-7(8)5-3-6;;/h2-11,19H,1H3,(H,24,25);2-7H,1H3;2-7H,1H3,(H2,13,16);2-5H,1H3;1H3;1H2. The number of hydrogen-bond donors (Lipinski definition) is 3. The molecule has 0 amide bonds. The highest BCUT2D eigenvalue weighted by Gasteiger charge is 2.13. The Bertz CT molecular complexity index is 3330. The molecule has 0 aliphatic rings. The normalized spacial score (nSPS) is 10.5. The fraction of sp³-hybridized carbons (Fsp3) is 0.100. The number of aryl methyl sites for hydroxylation is 4. The minimum absolute atomic E-state index is 0. The van der Waals surface area contributed by atoms with Gasteiger partial charge in [-0.25, -0.2) is 38.7 Å². The number of hydrogen-bond acceptors (Lipinski definition) is 12. The molecule has 0 saturated carbocycles. The molecule has 70 heavy (non-hydrogen) atoms. The SMILES string of the molecule is Cc1ccc(Br)cc1.Cc1nc2ccccc2n1-c1cncc(Cl)n1.Cc1nc2ccccc2n1-c1cncc(N)n1.Cc1nc2ccccc2n1-c1cncc(Nc2ccc(C(F)F)cc2)n1.N.O. The molecule has 0 spiro atoms. The van der Waals surface area contributed by atoms with Crippen LogP contribution >= 0.6 is 27.5 Å². The first-order valence-corrected chi connectivity index (χ1v) is 22.2. The predicted octanol–water partition coefficient (Wildman–Crippen LogP) is 11.4. The predicted molar refractivity (Wildman–Crippen MR) is 276 cm³/mol. The summed E-state index contributed by atoms with van der Waals surface area (Å²) in [5.41, 5.74) is 13.3. The van der Waals surface area contributed by atoms with Gasteiger partial charge in [0.1, 0.15) is 28.4 Å².